The Morgan fingerprint density at radius 2 is 1.79 bits per heavy atom. The predicted octanol–water partition coefficient (Wildman–Crippen LogP) is 3.60. The summed E-state index contributed by atoms with van der Waals surface area (Å²) in [4.78, 5) is 29.2. The number of halogens is 2. The second-order valence-corrected chi connectivity index (χ2v) is 5.50. The minimum atomic E-state index is -0.949. The molecule has 0 atom stereocenters. The van der Waals surface area contributed by atoms with Crippen molar-refractivity contribution in [2.45, 2.75) is 13.3 Å². The number of anilines is 1. The van der Waals surface area contributed by atoms with Gasteiger partial charge in [-0.15, -0.1) is 0 Å². The fourth-order valence-corrected chi connectivity index (χ4v) is 2.28. The maximum Gasteiger partial charge on any atom is 0.345 e. The van der Waals surface area contributed by atoms with E-state index in [0.717, 1.165) is 12.1 Å². The topological polar surface area (TPSA) is 89.4 Å². The third-order valence-electron chi connectivity index (χ3n) is 3.64. The molecule has 3 rings (SSSR count). The van der Waals surface area contributed by atoms with Crippen LogP contribution in [-0.4, -0.2) is 26.6 Å². The molecule has 0 aliphatic carbocycles. The van der Waals surface area contributed by atoms with E-state index in [-0.39, 0.29) is 11.8 Å². The molecule has 1 aromatic carbocycles. The van der Waals surface area contributed by atoms with E-state index in [9.17, 15) is 13.6 Å². The van der Waals surface area contributed by atoms with Gasteiger partial charge in [0.2, 0.25) is 0 Å². The van der Waals surface area contributed by atoms with Gasteiger partial charge in [-0.1, -0.05) is 18.1 Å². The lowest BCUT2D eigenvalue weighted by molar-refractivity contribution is 0.101. The SMILES string of the molecule is CC/C(=N\Oc1ncccn1)c1ccc(NC(=O)c2c(F)cccc2F)nc1. The van der Waals surface area contributed by atoms with Gasteiger partial charge in [0.1, 0.15) is 23.0 Å². The number of carbonyl (C=O) groups excluding carboxylic acids is 1. The van der Waals surface area contributed by atoms with Crippen molar-refractivity contribution in [1.29, 1.82) is 0 Å². The van der Waals surface area contributed by atoms with E-state index in [2.05, 4.69) is 25.4 Å². The second-order valence-electron chi connectivity index (χ2n) is 5.50. The van der Waals surface area contributed by atoms with Crippen LogP contribution in [0.2, 0.25) is 0 Å². The molecule has 2 aromatic heterocycles. The number of aromatic nitrogens is 3. The third kappa shape index (κ3) is 4.50. The van der Waals surface area contributed by atoms with E-state index >= 15 is 0 Å². The monoisotopic (exact) mass is 383 g/mol. The summed E-state index contributed by atoms with van der Waals surface area (Å²) in [5.74, 6) is -2.69. The molecule has 3 aromatic rings. The summed E-state index contributed by atoms with van der Waals surface area (Å²) in [7, 11) is 0. The van der Waals surface area contributed by atoms with Gasteiger partial charge in [0, 0.05) is 24.2 Å². The number of nitrogens with zero attached hydrogens (tertiary/aromatic N) is 4. The fraction of sp³-hybridized carbons (Fsp3) is 0.105. The molecule has 0 aliphatic heterocycles. The zero-order valence-electron chi connectivity index (χ0n) is 14.8. The number of pyridine rings is 1. The van der Waals surface area contributed by atoms with Crippen LogP contribution >= 0.6 is 0 Å². The van der Waals surface area contributed by atoms with Crippen LogP contribution in [0.25, 0.3) is 0 Å². The normalized spacial score (nSPS) is 11.2. The Balaban J connectivity index is 1.72. The standard InChI is InChI=1S/C19H15F2N5O2/c1-2-15(26-28-19-22-9-4-10-23-19)12-7-8-16(24-11-12)25-18(27)17-13(20)5-3-6-14(17)21/h3-11H,2H2,1H3,(H,24,25,27)/b26-15+. The van der Waals surface area contributed by atoms with Gasteiger partial charge in [0.15, 0.2) is 0 Å². The molecule has 2 heterocycles. The van der Waals surface area contributed by atoms with Gasteiger partial charge in [-0.3, -0.25) is 4.79 Å². The first-order valence-electron chi connectivity index (χ1n) is 8.31. The van der Waals surface area contributed by atoms with Gasteiger partial charge in [-0.25, -0.2) is 23.7 Å². The number of nitrogens with one attached hydrogen (secondary N) is 1. The van der Waals surface area contributed by atoms with E-state index in [1.807, 2.05) is 6.92 Å². The van der Waals surface area contributed by atoms with E-state index in [1.165, 1.54) is 30.7 Å². The molecule has 0 saturated carbocycles. The Labute approximate surface area is 159 Å². The van der Waals surface area contributed by atoms with Crippen LogP contribution in [0.1, 0.15) is 29.3 Å². The number of oxime groups is 1. The summed E-state index contributed by atoms with van der Waals surface area (Å²) in [5.41, 5.74) is 0.562. The van der Waals surface area contributed by atoms with Crippen LogP contribution in [0.15, 0.2) is 60.1 Å². The first-order chi connectivity index (χ1) is 13.6. The van der Waals surface area contributed by atoms with Crippen molar-refractivity contribution in [3.05, 3.63) is 77.8 Å². The molecule has 1 amide bonds. The number of carbonyl (C=O) groups is 1. The summed E-state index contributed by atoms with van der Waals surface area (Å²) in [5, 5.41) is 6.37. The molecule has 28 heavy (non-hydrogen) atoms. The highest BCUT2D eigenvalue weighted by Crippen LogP contribution is 2.15. The van der Waals surface area contributed by atoms with Gasteiger partial charge in [-0.2, -0.15) is 0 Å². The quantitative estimate of drug-likeness (QED) is 0.519. The van der Waals surface area contributed by atoms with E-state index < -0.39 is 23.1 Å². The van der Waals surface area contributed by atoms with Crippen LogP contribution in [-0.2, 0) is 0 Å². The van der Waals surface area contributed by atoms with Crippen LogP contribution in [0, 0.1) is 11.6 Å². The minimum absolute atomic E-state index is 0.109. The van der Waals surface area contributed by atoms with Crippen molar-refractivity contribution in [1.82, 2.24) is 15.0 Å². The highest BCUT2D eigenvalue weighted by molar-refractivity contribution is 6.04. The van der Waals surface area contributed by atoms with Crippen molar-refractivity contribution in [3.63, 3.8) is 0 Å². The molecule has 142 valence electrons. The lowest BCUT2D eigenvalue weighted by Crippen LogP contribution is -2.16. The third-order valence-corrected chi connectivity index (χ3v) is 3.64. The molecule has 0 fully saturated rings. The van der Waals surface area contributed by atoms with Gasteiger partial charge in [-0.05, 0) is 36.8 Å². The highest BCUT2D eigenvalue weighted by atomic mass is 19.1. The number of hydrogen-bond donors (Lipinski definition) is 1. The van der Waals surface area contributed by atoms with Crippen LogP contribution < -0.4 is 10.2 Å². The zero-order valence-corrected chi connectivity index (χ0v) is 14.8. The summed E-state index contributed by atoms with van der Waals surface area (Å²) in [6, 6.07) is 8.11. The van der Waals surface area contributed by atoms with Crippen molar-refractivity contribution in [2.75, 3.05) is 5.32 Å². The average Bonchev–Trinajstić information content (AvgIpc) is 2.70. The summed E-state index contributed by atoms with van der Waals surface area (Å²) >= 11 is 0. The average molecular weight is 383 g/mol. The first-order valence-corrected chi connectivity index (χ1v) is 8.31. The number of benzene rings is 1. The Morgan fingerprint density at radius 3 is 2.39 bits per heavy atom. The highest BCUT2D eigenvalue weighted by Gasteiger charge is 2.17. The maximum atomic E-state index is 13.7. The Kier molecular flexibility index (Phi) is 5.95. The Morgan fingerprint density at radius 1 is 1.07 bits per heavy atom. The van der Waals surface area contributed by atoms with E-state index in [4.69, 9.17) is 4.84 Å². The molecular formula is C19H15F2N5O2. The predicted molar refractivity (Wildman–Crippen MR) is 98.0 cm³/mol. The van der Waals surface area contributed by atoms with Crippen LogP contribution in [0.4, 0.5) is 14.6 Å². The summed E-state index contributed by atoms with van der Waals surface area (Å²) in [6.45, 7) is 1.88. The smallest absolute Gasteiger partial charge is 0.315 e. The minimum Gasteiger partial charge on any atom is -0.315 e. The molecule has 7 nitrogen and oxygen atoms in total. The van der Waals surface area contributed by atoms with Crippen LogP contribution in [0.5, 0.6) is 6.01 Å². The molecule has 9 heteroatoms. The van der Waals surface area contributed by atoms with Crippen molar-refractivity contribution < 1.29 is 18.4 Å². The lowest BCUT2D eigenvalue weighted by atomic mass is 10.1. The van der Waals surface area contributed by atoms with Gasteiger partial charge in [0.05, 0.1) is 5.71 Å². The fourth-order valence-electron chi connectivity index (χ4n) is 2.28. The first kappa shape index (κ1) is 19.0. The molecule has 0 bridgehead atoms. The molecule has 0 saturated heterocycles. The van der Waals surface area contributed by atoms with E-state index in [1.54, 1.807) is 12.1 Å². The molecule has 1 N–H and O–H groups in total. The summed E-state index contributed by atoms with van der Waals surface area (Å²) < 4.78 is 27.4. The van der Waals surface area contributed by atoms with Gasteiger partial charge in [0.25, 0.3) is 5.91 Å². The molecule has 0 spiro atoms. The number of amides is 1. The molecule has 0 radical (unpaired) electrons. The summed E-state index contributed by atoms with van der Waals surface area (Å²) in [6.07, 6.45) is 5.06. The number of hydrogen-bond acceptors (Lipinski definition) is 6. The largest absolute Gasteiger partial charge is 0.345 e. The zero-order chi connectivity index (χ0) is 19.9. The van der Waals surface area contributed by atoms with Gasteiger partial charge < -0.3 is 10.2 Å². The van der Waals surface area contributed by atoms with E-state index in [0.29, 0.717) is 17.7 Å². The molecule has 0 unspecified atom stereocenters. The maximum absolute atomic E-state index is 13.7. The van der Waals surface area contributed by atoms with Crippen molar-refractivity contribution in [3.8, 4) is 6.01 Å². The number of rotatable bonds is 6. The Hall–Kier alpha value is -3.75. The van der Waals surface area contributed by atoms with Crippen LogP contribution in [0.3, 0.4) is 0 Å². The Bertz CT molecular complexity index is 975. The van der Waals surface area contributed by atoms with Crippen molar-refractivity contribution >= 4 is 17.4 Å². The second kappa shape index (κ2) is 8.76. The molecule has 0 aliphatic rings. The lowest BCUT2D eigenvalue weighted by Gasteiger charge is -2.08. The van der Waals surface area contributed by atoms with Gasteiger partial charge >= 0.3 is 6.01 Å². The molecular weight excluding hydrogens is 368 g/mol. The van der Waals surface area contributed by atoms with Crippen molar-refractivity contribution in [2.24, 2.45) is 5.16 Å².